The molecule has 0 radical (unpaired) electrons. The third-order valence-corrected chi connectivity index (χ3v) is 5.73. The second kappa shape index (κ2) is 9.52. The number of phenols is 1. The van der Waals surface area contributed by atoms with Crippen LogP contribution in [0.4, 0.5) is 11.4 Å². The number of nitrogens with one attached hydrogen (secondary N) is 1. The number of phenolic OH excluding ortho intramolecular Hbond substituents is 1. The summed E-state index contributed by atoms with van der Waals surface area (Å²) in [6.07, 6.45) is 0. The number of aryl methyl sites for hydroxylation is 1. The molecule has 0 bridgehead atoms. The Hall–Kier alpha value is -3.92. The molecule has 0 spiro atoms. The van der Waals surface area contributed by atoms with Gasteiger partial charge in [0, 0.05) is 17.3 Å². The maximum Gasteiger partial charge on any atom is 0.273 e. The van der Waals surface area contributed by atoms with Crippen LogP contribution in [0.25, 0.3) is 0 Å². The topological polar surface area (TPSA) is 152 Å². The van der Waals surface area contributed by atoms with Crippen LogP contribution >= 0.6 is 11.5 Å². The van der Waals surface area contributed by atoms with Crippen LogP contribution in [0.5, 0.6) is 5.75 Å². The lowest BCUT2D eigenvalue weighted by atomic mass is 9.99. The number of amides is 3. The number of aromatic nitrogens is 1. The fourth-order valence-corrected chi connectivity index (χ4v) is 4.11. The SMILES string of the molecule is Cc1ccc(C(C(=O)NC(C)(C)C)N(C(=O)c2snc(C(N)=O)c2N)c2cccc(O)c2)cc1. The molecule has 34 heavy (non-hydrogen) atoms. The van der Waals surface area contributed by atoms with Crippen molar-refractivity contribution in [1.82, 2.24) is 9.69 Å². The van der Waals surface area contributed by atoms with Gasteiger partial charge < -0.3 is 21.9 Å². The number of benzene rings is 2. The Morgan fingerprint density at radius 2 is 1.76 bits per heavy atom. The monoisotopic (exact) mass is 481 g/mol. The number of nitrogens with two attached hydrogens (primary N) is 2. The van der Waals surface area contributed by atoms with E-state index < -0.39 is 29.3 Å². The maximum absolute atomic E-state index is 13.9. The van der Waals surface area contributed by atoms with Crippen molar-refractivity contribution in [2.75, 3.05) is 10.6 Å². The minimum atomic E-state index is -1.12. The summed E-state index contributed by atoms with van der Waals surface area (Å²) in [4.78, 5) is 40.3. The van der Waals surface area contributed by atoms with Crippen LogP contribution in [0, 0.1) is 6.92 Å². The average molecular weight is 482 g/mol. The highest BCUT2D eigenvalue weighted by molar-refractivity contribution is 7.09. The molecule has 2 aromatic carbocycles. The highest BCUT2D eigenvalue weighted by atomic mass is 32.1. The van der Waals surface area contributed by atoms with Crippen molar-refractivity contribution in [3.8, 4) is 5.75 Å². The number of carbonyl (C=O) groups is 3. The van der Waals surface area contributed by atoms with Gasteiger partial charge in [-0.05, 0) is 56.9 Å². The summed E-state index contributed by atoms with van der Waals surface area (Å²) in [5.41, 5.74) is 12.2. The van der Waals surface area contributed by atoms with Crippen LogP contribution in [0.15, 0.2) is 48.5 Å². The zero-order valence-electron chi connectivity index (χ0n) is 19.3. The van der Waals surface area contributed by atoms with Gasteiger partial charge in [-0.15, -0.1) is 0 Å². The number of aromatic hydroxyl groups is 1. The number of nitrogen functional groups attached to an aromatic ring is 1. The Bertz CT molecular complexity index is 1230. The lowest BCUT2D eigenvalue weighted by molar-refractivity contribution is -0.123. The molecule has 1 aromatic heterocycles. The van der Waals surface area contributed by atoms with Crippen LogP contribution in [0.3, 0.4) is 0 Å². The summed E-state index contributed by atoms with van der Waals surface area (Å²) in [7, 11) is 0. The van der Waals surface area contributed by atoms with Gasteiger partial charge in [-0.1, -0.05) is 35.9 Å². The molecule has 1 atom stereocenters. The van der Waals surface area contributed by atoms with Gasteiger partial charge in [0.25, 0.3) is 11.8 Å². The molecule has 0 saturated carbocycles. The predicted octanol–water partition coefficient (Wildman–Crippen LogP) is 3.14. The Morgan fingerprint density at radius 3 is 2.29 bits per heavy atom. The first-order valence-electron chi connectivity index (χ1n) is 10.4. The molecule has 0 fully saturated rings. The Morgan fingerprint density at radius 1 is 1.12 bits per heavy atom. The summed E-state index contributed by atoms with van der Waals surface area (Å²) in [5, 5.41) is 13.1. The number of anilines is 2. The van der Waals surface area contributed by atoms with Gasteiger partial charge in [0.2, 0.25) is 5.91 Å². The molecule has 0 aliphatic rings. The largest absolute Gasteiger partial charge is 0.508 e. The van der Waals surface area contributed by atoms with E-state index in [1.807, 2.05) is 39.8 Å². The molecule has 10 heteroatoms. The minimum Gasteiger partial charge on any atom is -0.508 e. The van der Waals surface area contributed by atoms with Crippen molar-refractivity contribution in [1.29, 1.82) is 0 Å². The van der Waals surface area contributed by atoms with E-state index >= 15 is 0 Å². The van der Waals surface area contributed by atoms with Crippen molar-refractivity contribution in [3.63, 3.8) is 0 Å². The van der Waals surface area contributed by atoms with E-state index in [-0.39, 0.29) is 27.7 Å². The van der Waals surface area contributed by atoms with Crippen LogP contribution in [0.2, 0.25) is 0 Å². The van der Waals surface area contributed by atoms with Gasteiger partial charge in [-0.25, -0.2) is 0 Å². The lowest BCUT2D eigenvalue weighted by Crippen LogP contribution is -2.49. The molecular formula is C24H27N5O4S. The highest BCUT2D eigenvalue weighted by Gasteiger charge is 2.37. The summed E-state index contributed by atoms with van der Waals surface area (Å²) in [6, 6.07) is 12.1. The van der Waals surface area contributed by atoms with Gasteiger partial charge in [0.15, 0.2) is 5.69 Å². The fraction of sp³-hybridized carbons (Fsp3) is 0.250. The van der Waals surface area contributed by atoms with Crippen molar-refractivity contribution >= 4 is 40.6 Å². The lowest BCUT2D eigenvalue weighted by Gasteiger charge is -2.33. The quantitative estimate of drug-likeness (QED) is 0.424. The van der Waals surface area contributed by atoms with E-state index in [1.54, 1.807) is 24.3 Å². The number of nitrogens with zero attached hydrogens (tertiary/aromatic N) is 2. The molecule has 6 N–H and O–H groups in total. The van der Waals surface area contributed by atoms with Crippen LogP contribution in [-0.4, -0.2) is 32.7 Å². The normalized spacial score (nSPS) is 12.1. The number of hydrogen-bond acceptors (Lipinski definition) is 7. The molecule has 3 amide bonds. The third kappa shape index (κ3) is 5.34. The summed E-state index contributed by atoms with van der Waals surface area (Å²) >= 11 is 0.718. The summed E-state index contributed by atoms with van der Waals surface area (Å²) in [5.74, 6) is -2.06. The van der Waals surface area contributed by atoms with Crippen molar-refractivity contribution in [2.24, 2.45) is 5.73 Å². The minimum absolute atomic E-state index is 0.0437. The van der Waals surface area contributed by atoms with Gasteiger partial charge in [-0.3, -0.25) is 19.3 Å². The number of rotatable bonds is 6. The molecule has 0 aliphatic carbocycles. The number of carbonyl (C=O) groups excluding carboxylic acids is 3. The van der Waals surface area contributed by atoms with Crippen molar-refractivity contribution in [3.05, 3.63) is 70.2 Å². The Labute approximate surface area is 201 Å². The van der Waals surface area contributed by atoms with Gasteiger partial charge in [0.05, 0.1) is 5.69 Å². The Kier molecular flexibility index (Phi) is 6.92. The van der Waals surface area contributed by atoms with E-state index in [0.29, 0.717) is 5.56 Å². The molecule has 1 heterocycles. The van der Waals surface area contributed by atoms with Gasteiger partial charge in [0.1, 0.15) is 16.7 Å². The van der Waals surface area contributed by atoms with Crippen molar-refractivity contribution < 1.29 is 19.5 Å². The first-order valence-corrected chi connectivity index (χ1v) is 11.2. The van der Waals surface area contributed by atoms with E-state index in [0.717, 1.165) is 17.1 Å². The molecule has 9 nitrogen and oxygen atoms in total. The predicted molar refractivity (Wildman–Crippen MR) is 132 cm³/mol. The second-order valence-corrected chi connectivity index (χ2v) is 9.66. The van der Waals surface area contributed by atoms with E-state index in [4.69, 9.17) is 11.5 Å². The summed E-state index contributed by atoms with van der Waals surface area (Å²) < 4.78 is 3.92. The fourth-order valence-electron chi connectivity index (χ4n) is 3.37. The first-order chi connectivity index (χ1) is 15.9. The zero-order valence-corrected chi connectivity index (χ0v) is 20.1. The molecule has 1 unspecified atom stereocenters. The van der Waals surface area contributed by atoms with Crippen molar-refractivity contribution in [2.45, 2.75) is 39.3 Å². The number of primary amides is 1. The standard InChI is InChI=1S/C24H27N5O4S/c1-13-8-10-14(11-9-13)19(22(32)27-24(2,3)4)29(15-6-5-7-16(30)12-15)23(33)20-17(25)18(21(26)31)28-34-20/h5-12,19,30H,25H2,1-4H3,(H2,26,31)(H,27,32). The molecular weight excluding hydrogens is 454 g/mol. The highest BCUT2D eigenvalue weighted by Crippen LogP contribution is 2.34. The first kappa shape index (κ1) is 24.7. The number of hydrogen-bond donors (Lipinski definition) is 4. The van der Waals surface area contributed by atoms with E-state index in [9.17, 15) is 19.5 Å². The van der Waals surface area contributed by atoms with E-state index in [2.05, 4.69) is 9.69 Å². The molecule has 3 aromatic rings. The van der Waals surface area contributed by atoms with Gasteiger partial charge >= 0.3 is 0 Å². The van der Waals surface area contributed by atoms with Gasteiger partial charge in [-0.2, -0.15) is 4.37 Å². The molecule has 0 saturated heterocycles. The van der Waals surface area contributed by atoms with E-state index in [1.165, 1.54) is 17.0 Å². The summed E-state index contributed by atoms with van der Waals surface area (Å²) in [6.45, 7) is 7.41. The maximum atomic E-state index is 13.9. The van der Waals surface area contributed by atoms with Crippen LogP contribution in [0.1, 0.15) is 58.1 Å². The average Bonchev–Trinajstić information content (AvgIpc) is 3.12. The molecule has 3 rings (SSSR count). The Balaban J connectivity index is 2.24. The molecule has 178 valence electrons. The third-order valence-electron chi connectivity index (χ3n) is 4.88. The smallest absolute Gasteiger partial charge is 0.273 e. The zero-order chi connectivity index (χ0) is 25.2. The van der Waals surface area contributed by atoms with Crippen LogP contribution in [-0.2, 0) is 4.79 Å². The molecule has 0 aliphatic heterocycles. The second-order valence-electron chi connectivity index (χ2n) is 8.89. The van der Waals surface area contributed by atoms with Crippen LogP contribution < -0.4 is 21.7 Å².